The summed E-state index contributed by atoms with van der Waals surface area (Å²) >= 11 is 5.83. The lowest BCUT2D eigenvalue weighted by Gasteiger charge is -2.32. The number of carboxylic acids is 1. The van der Waals surface area contributed by atoms with Crippen LogP contribution in [0.3, 0.4) is 0 Å². The van der Waals surface area contributed by atoms with Crippen LogP contribution in [0.4, 0.5) is 0 Å². The van der Waals surface area contributed by atoms with Crippen LogP contribution < -0.4 is 9.46 Å². The summed E-state index contributed by atoms with van der Waals surface area (Å²) in [6.45, 7) is 3.87. The van der Waals surface area contributed by atoms with Crippen LogP contribution in [0.5, 0.6) is 5.75 Å². The number of carboxylic acid groups (broad SMARTS) is 1. The zero-order valence-electron chi connectivity index (χ0n) is 14.2. The molecule has 2 N–H and O–H groups in total. The number of carbonyl (C=O) groups is 1. The van der Waals surface area contributed by atoms with Crippen LogP contribution in [0, 0.1) is 5.92 Å². The molecule has 0 aliphatic carbocycles. The first-order valence-electron chi connectivity index (χ1n) is 8.11. The Morgan fingerprint density at radius 3 is 2.32 bits per heavy atom. The molecule has 1 fully saturated rings. The van der Waals surface area contributed by atoms with Crippen molar-refractivity contribution in [2.45, 2.75) is 38.8 Å². The van der Waals surface area contributed by atoms with E-state index in [0.717, 1.165) is 0 Å². The van der Waals surface area contributed by atoms with Gasteiger partial charge in [-0.1, -0.05) is 25.4 Å². The summed E-state index contributed by atoms with van der Waals surface area (Å²) in [4.78, 5) is 11.2. The first-order chi connectivity index (χ1) is 11.7. The quantitative estimate of drug-likeness (QED) is 0.743. The van der Waals surface area contributed by atoms with Crippen molar-refractivity contribution in [3.8, 4) is 5.75 Å². The number of piperidine rings is 1. The van der Waals surface area contributed by atoms with Gasteiger partial charge in [0.25, 0.3) is 10.2 Å². The molecule has 1 aromatic carbocycles. The molecule has 1 aromatic rings. The smallest absolute Gasteiger partial charge is 0.322 e. The van der Waals surface area contributed by atoms with Gasteiger partial charge in [0.15, 0.2) is 0 Å². The lowest BCUT2D eigenvalue weighted by molar-refractivity contribution is -0.140. The lowest BCUT2D eigenvalue weighted by atomic mass is 10.1. The summed E-state index contributed by atoms with van der Waals surface area (Å²) in [6.07, 6.45) is 0.972. The molecule has 1 saturated heterocycles. The second-order valence-electron chi connectivity index (χ2n) is 6.35. The van der Waals surface area contributed by atoms with E-state index in [1.54, 1.807) is 38.1 Å². The third kappa shape index (κ3) is 5.57. The van der Waals surface area contributed by atoms with Gasteiger partial charge in [0, 0.05) is 18.1 Å². The topological polar surface area (TPSA) is 95.9 Å². The molecule has 0 aromatic heterocycles. The highest BCUT2D eigenvalue weighted by Crippen LogP contribution is 2.22. The van der Waals surface area contributed by atoms with Gasteiger partial charge in [-0.2, -0.15) is 17.4 Å². The van der Waals surface area contributed by atoms with E-state index in [1.165, 1.54) is 4.31 Å². The molecule has 1 atom stereocenters. The fourth-order valence-electron chi connectivity index (χ4n) is 2.60. The molecule has 0 unspecified atom stereocenters. The summed E-state index contributed by atoms with van der Waals surface area (Å²) in [5, 5.41) is 9.78. The van der Waals surface area contributed by atoms with Crippen molar-refractivity contribution in [2.75, 3.05) is 13.1 Å². The Morgan fingerprint density at radius 2 is 1.84 bits per heavy atom. The Balaban J connectivity index is 1.91. The molecule has 0 bridgehead atoms. The van der Waals surface area contributed by atoms with E-state index in [9.17, 15) is 13.2 Å². The van der Waals surface area contributed by atoms with Gasteiger partial charge in [-0.05, 0) is 43.0 Å². The van der Waals surface area contributed by atoms with Crippen LogP contribution in [0.1, 0.15) is 26.7 Å². The summed E-state index contributed by atoms with van der Waals surface area (Å²) in [5.41, 5.74) is 0. The van der Waals surface area contributed by atoms with Gasteiger partial charge in [-0.15, -0.1) is 0 Å². The first-order valence-corrected chi connectivity index (χ1v) is 9.93. The highest BCUT2D eigenvalue weighted by molar-refractivity contribution is 7.87. The molecule has 0 spiro atoms. The van der Waals surface area contributed by atoms with E-state index < -0.39 is 22.2 Å². The van der Waals surface area contributed by atoms with Crippen molar-refractivity contribution in [3.05, 3.63) is 29.3 Å². The van der Waals surface area contributed by atoms with Crippen LogP contribution in [0.25, 0.3) is 0 Å². The molecule has 9 heteroatoms. The number of halogens is 1. The molecule has 0 radical (unpaired) electrons. The number of hydrogen-bond donors (Lipinski definition) is 2. The van der Waals surface area contributed by atoms with E-state index in [-0.39, 0.29) is 25.1 Å². The standard InChI is InChI=1S/C16H23ClN2O5S/c1-11(2)15(16(20)21)18-25(22,23)19-9-7-14(8-10-19)24-13-5-3-12(17)4-6-13/h3-6,11,14-15,18H,7-10H2,1-2H3,(H,20,21)/t15-/m1/s1. The molecule has 140 valence electrons. The fraction of sp³-hybridized carbons (Fsp3) is 0.562. The van der Waals surface area contributed by atoms with Crippen LogP contribution in [0.2, 0.25) is 5.02 Å². The molecule has 1 heterocycles. The normalized spacial score (nSPS) is 18.2. The second kappa shape index (κ2) is 8.35. The minimum Gasteiger partial charge on any atom is -0.490 e. The Labute approximate surface area is 153 Å². The molecule has 0 saturated carbocycles. The van der Waals surface area contributed by atoms with E-state index in [1.807, 2.05) is 0 Å². The minimum absolute atomic E-state index is 0.0898. The monoisotopic (exact) mass is 390 g/mol. The summed E-state index contributed by atoms with van der Waals surface area (Å²) < 4.78 is 34.2. The molecule has 0 amide bonds. The predicted molar refractivity (Wildman–Crippen MR) is 95.0 cm³/mol. The van der Waals surface area contributed by atoms with Crippen LogP contribution in [-0.2, 0) is 15.0 Å². The number of rotatable bonds is 7. The van der Waals surface area contributed by atoms with E-state index >= 15 is 0 Å². The van der Waals surface area contributed by atoms with Gasteiger partial charge < -0.3 is 9.84 Å². The Hall–Kier alpha value is -1.35. The Bertz CT molecular complexity index is 685. The molecule has 1 aliphatic heterocycles. The van der Waals surface area contributed by atoms with Crippen molar-refractivity contribution in [3.63, 3.8) is 0 Å². The summed E-state index contributed by atoms with van der Waals surface area (Å²) in [5.74, 6) is -0.841. The number of benzene rings is 1. The molecule has 25 heavy (non-hydrogen) atoms. The van der Waals surface area contributed by atoms with Crippen molar-refractivity contribution >= 4 is 27.8 Å². The van der Waals surface area contributed by atoms with Gasteiger partial charge in [0.2, 0.25) is 0 Å². The SMILES string of the molecule is CC(C)[C@@H](NS(=O)(=O)N1CCC(Oc2ccc(Cl)cc2)CC1)C(=O)O. The van der Waals surface area contributed by atoms with Gasteiger partial charge >= 0.3 is 5.97 Å². The number of hydrogen-bond acceptors (Lipinski definition) is 4. The molecular weight excluding hydrogens is 368 g/mol. The maximum atomic E-state index is 12.4. The number of nitrogens with zero attached hydrogens (tertiary/aromatic N) is 1. The number of nitrogens with one attached hydrogen (secondary N) is 1. The highest BCUT2D eigenvalue weighted by Gasteiger charge is 2.33. The molecule has 2 rings (SSSR count). The van der Waals surface area contributed by atoms with Gasteiger partial charge in [0.1, 0.15) is 17.9 Å². The molecule has 7 nitrogen and oxygen atoms in total. The molecular formula is C16H23ClN2O5S. The average Bonchev–Trinajstić information content (AvgIpc) is 2.55. The minimum atomic E-state index is -3.84. The predicted octanol–water partition coefficient (Wildman–Crippen LogP) is 2.13. The highest BCUT2D eigenvalue weighted by atomic mass is 35.5. The van der Waals surface area contributed by atoms with Crippen LogP contribution in [0.15, 0.2) is 24.3 Å². The van der Waals surface area contributed by atoms with Crippen LogP contribution >= 0.6 is 11.6 Å². The summed E-state index contributed by atoms with van der Waals surface area (Å²) in [7, 11) is -3.84. The lowest BCUT2D eigenvalue weighted by Crippen LogP contribution is -2.52. The number of ether oxygens (including phenoxy) is 1. The maximum Gasteiger partial charge on any atom is 0.322 e. The van der Waals surface area contributed by atoms with E-state index in [2.05, 4.69) is 4.72 Å². The Morgan fingerprint density at radius 1 is 1.28 bits per heavy atom. The fourth-order valence-corrected chi connectivity index (χ4v) is 4.26. The van der Waals surface area contributed by atoms with E-state index in [4.69, 9.17) is 21.4 Å². The summed E-state index contributed by atoms with van der Waals surface area (Å²) in [6, 6.07) is 5.87. The maximum absolute atomic E-state index is 12.4. The average molecular weight is 391 g/mol. The van der Waals surface area contributed by atoms with E-state index in [0.29, 0.717) is 23.6 Å². The van der Waals surface area contributed by atoms with Crippen molar-refractivity contribution in [2.24, 2.45) is 5.92 Å². The van der Waals surface area contributed by atoms with Crippen molar-refractivity contribution in [1.82, 2.24) is 9.03 Å². The third-order valence-corrected chi connectivity index (χ3v) is 5.91. The largest absolute Gasteiger partial charge is 0.490 e. The van der Waals surface area contributed by atoms with Gasteiger partial charge in [-0.25, -0.2) is 0 Å². The van der Waals surface area contributed by atoms with Crippen molar-refractivity contribution < 1.29 is 23.1 Å². The third-order valence-electron chi connectivity index (χ3n) is 4.07. The Kier molecular flexibility index (Phi) is 6.67. The zero-order valence-corrected chi connectivity index (χ0v) is 15.8. The van der Waals surface area contributed by atoms with Gasteiger partial charge in [0.05, 0.1) is 0 Å². The number of aliphatic carboxylic acids is 1. The van der Waals surface area contributed by atoms with Crippen molar-refractivity contribution in [1.29, 1.82) is 0 Å². The van der Waals surface area contributed by atoms with Crippen LogP contribution in [-0.4, -0.2) is 49.0 Å². The first kappa shape index (κ1) is 20.0. The zero-order chi connectivity index (χ0) is 18.6. The second-order valence-corrected chi connectivity index (χ2v) is 8.49. The van der Waals surface area contributed by atoms with Gasteiger partial charge in [-0.3, -0.25) is 4.79 Å². The molecule has 1 aliphatic rings.